The molecule has 0 saturated heterocycles. The molecule has 1 N–H and O–H groups in total. The number of esters is 2. The van der Waals surface area contributed by atoms with Gasteiger partial charge in [-0.3, -0.25) is 14.5 Å². The van der Waals surface area contributed by atoms with E-state index in [9.17, 15) is 24.3 Å². The van der Waals surface area contributed by atoms with Gasteiger partial charge in [0, 0.05) is 56.2 Å². The van der Waals surface area contributed by atoms with Gasteiger partial charge in [0.15, 0.2) is 0 Å². The number of benzene rings is 5. The lowest BCUT2D eigenvalue weighted by molar-refractivity contribution is 0.0389. The first-order chi connectivity index (χ1) is 22.8. The number of aliphatic hydroxyl groups excluding tert-OH is 1. The molecule has 242 valence electrons. The molecule has 0 spiro atoms. The Morgan fingerprint density at radius 2 is 0.894 bits per heavy atom. The van der Waals surface area contributed by atoms with E-state index >= 15 is 0 Å². The smallest absolute Gasteiger partial charge is 0.346 e. The Hall–Kier alpha value is -5.16. The lowest BCUT2D eigenvalue weighted by Gasteiger charge is -2.31. The molecule has 7 rings (SSSR count). The lowest BCUT2D eigenvalue weighted by atomic mass is 9.81. The molecule has 11 nitrogen and oxygen atoms in total. The van der Waals surface area contributed by atoms with Gasteiger partial charge in [0.25, 0.3) is 11.8 Å². The predicted octanol–water partition coefficient (Wildman–Crippen LogP) is 6.01. The summed E-state index contributed by atoms with van der Waals surface area (Å²) >= 11 is 0. The van der Waals surface area contributed by atoms with Crippen LogP contribution in [0.2, 0.25) is 0 Å². The van der Waals surface area contributed by atoms with Crippen molar-refractivity contribution in [2.45, 2.75) is 40.5 Å². The molecule has 2 aliphatic heterocycles. The number of cyclic esters (lactones) is 2. The van der Waals surface area contributed by atoms with E-state index in [1.54, 1.807) is 24.3 Å². The highest BCUT2D eigenvalue weighted by molar-refractivity contribution is 6.44. The third kappa shape index (κ3) is 4.29. The van der Waals surface area contributed by atoms with E-state index < -0.39 is 23.8 Å². The van der Waals surface area contributed by atoms with Gasteiger partial charge in [-0.1, -0.05) is 0 Å². The van der Waals surface area contributed by atoms with E-state index in [0.717, 1.165) is 0 Å². The molecule has 0 aliphatic carbocycles. The van der Waals surface area contributed by atoms with Gasteiger partial charge in [-0.25, -0.2) is 9.59 Å². The number of ether oxygens (including phenoxy) is 5. The molecule has 0 aromatic heterocycles. The van der Waals surface area contributed by atoms with Crippen LogP contribution >= 0.6 is 0 Å². The van der Waals surface area contributed by atoms with Crippen molar-refractivity contribution >= 4 is 66.8 Å². The Labute approximate surface area is 269 Å². The maximum Gasteiger partial charge on any atom is 0.346 e. The van der Waals surface area contributed by atoms with Crippen molar-refractivity contribution in [1.82, 2.24) is 4.90 Å². The molecule has 5 aromatic carbocycles. The molecule has 11 heteroatoms. The summed E-state index contributed by atoms with van der Waals surface area (Å²) in [6.07, 6.45) is 0.878. The Balaban J connectivity index is 1.78. The molecule has 0 fully saturated rings. The number of unbranched alkanes of at least 4 members (excludes halogenated alkanes) is 1. The Kier molecular flexibility index (Phi) is 7.51. The molecule has 0 atom stereocenters. The van der Waals surface area contributed by atoms with Crippen LogP contribution in [0.25, 0.3) is 43.1 Å². The fraction of sp³-hybridized carbons (Fsp3) is 0.333. The van der Waals surface area contributed by atoms with Gasteiger partial charge in [0.1, 0.15) is 23.0 Å². The zero-order valence-electron chi connectivity index (χ0n) is 26.5. The second-order valence-corrected chi connectivity index (χ2v) is 11.3. The standard InChI is InChI=1S/C36H33NO10/c1-5-43-21-13-17-25-18(34(40)37(33(17)39)11-9-10-12-38)14-22(44-6-2)28-30-24(46-8-4)16-20-26-19(35(41)47-36(20)42)15-23(45-7-3)29(32(26)30)27(21)31(25)28/h13-16,38H,5-12H2,1-4H3. The van der Waals surface area contributed by atoms with Gasteiger partial charge in [-0.15, -0.1) is 0 Å². The van der Waals surface area contributed by atoms with Crippen LogP contribution in [0, 0.1) is 0 Å². The molecule has 0 radical (unpaired) electrons. The molecule has 0 saturated carbocycles. The molecular formula is C36H33NO10. The minimum Gasteiger partial charge on any atom is -0.493 e. The normalized spacial score (nSPS) is 14.2. The van der Waals surface area contributed by atoms with Gasteiger partial charge in [0.2, 0.25) is 0 Å². The maximum absolute atomic E-state index is 14.1. The number of imide groups is 1. The zero-order valence-corrected chi connectivity index (χ0v) is 26.5. The SMILES string of the molecule is CCOc1cc2c3c(cc(OCC)c4c5c(OCC)cc6c7c(cc(OCC)c(c1c34)c75)C(=O)N(CCCCO)C6=O)C(=O)OC2=O. The number of fused-ring (bicyclic) bond motifs is 2. The van der Waals surface area contributed by atoms with Crippen molar-refractivity contribution in [3.8, 4) is 23.0 Å². The molecule has 2 heterocycles. The van der Waals surface area contributed by atoms with Crippen molar-refractivity contribution in [2.75, 3.05) is 39.6 Å². The average molecular weight is 640 g/mol. The number of carbonyl (C=O) groups excluding carboxylic acids is 4. The van der Waals surface area contributed by atoms with Crippen LogP contribution in [0.1, 0.15) is 82.0 Å². The largest absolute Gasteiger partial charge is 0.493 e. The summed E-state index contributed by atoms with van der Waals surface area (Å²) in [5.41, 5.74) is 0.914. The van der Waals surface area contributed by atoms with Gasteiger partial charge in [-0.05, 0) is 64.8 Å². The topological polar surface area (TPSA) is 138 Å². The van der Waals surface area contributed by atoms with Gasteiger partial charge in [-0.2, -0.15) is 0 Å². The van der Waals surface area contributed by atoms with E-state index in [4.69, 9.17) is 23.7 Å². The number of nitrogens with zero attached hydrogens (tertiary/aromatic N) is 1. The van der Waals surface area contributed by atoms with Crippen molar-refractivity contribution in [3.63, 3.8) is 0 Å². The van der Waals surface area contributed by atoms with Crippen LogP contribution in [0.15, 0.2) is 24.3 Å². The molecular weight excluding hydrogens is 606 g/mol. The second kappa shape index (κ2) is 11.6. The van der Waals surface area contributed by atoms with Crippen LogP contribution in [-0.4, -0.2) is 73.3 Å². The quantitative estimate of drug-likeness (QED) is 0.0431. The Morgan fingerprint density at radius 1 is 0.532 bits per heavy atom. The fourth-order valence-corrected chi connectivity index (χ4v) is 7.06. The number of hydrogen-bond acceptors (Lipinski definition) is 10. The summed E-state index contributed by atoms with van der Waals surface area (Å²) in [5, 5.41) is 13.4. The number of amides is 2. The molecule has 2 aliphatic rings. The third-order valence-corrected chi connectivity index (χ3v) is 8.73. The molecule has 0 unspecified atom stereocenters. The van der Waals surface area contributed by atoms with Crippen LogP contribution in [0.4, 0.5) is 0 Å². The summed E-state index contributed by atoms with van der Waals surface area (Å²) in [5.74, 6) is -1.13. The first kappa shape index (κ1) is 30.5. The molecule has 2 amide bonds. The first-order valence-corrected chi connectivity index (χ1v) is 15.9. The van der Waals surface area contributed by atoms with Gasteiger partial charge >= 0.3 is 11.9 Å². The number of hydrogen-bond donors (Lipinski definition) is 1. The van der Waals surface area contributed by atoms with Gasteiger partial charge < -0.3 is 28.8 Å². The minimum atomic E-state index is -0.797. The fourth-order valence-electron chi connectivity index (χ4n) is 7.06. The van der Waals surface area contributed by atoms with E-state index in [-0.39, 0.29) is 50.7 Å². The number of carbonyl (C=O) groups is 4. The summed E-state index contributed by atoms with van der Waals surface area (Å²) in [7, 11) is 0. The zero-order chi connectivity index (χ0) is 33.1. The van der Waals surface area contributed by atoms with E-state index in [1.165, 1.54) is 4.90 Å². The van der Waals surface area contributed by atoms with Crippen LogP contribution < -0.4 is 18.9 Å². The summed E-state index contributed by atoms with van der Waals surface area (Å²) in [4.78, 5) is 55.8. The highest BCUT2D eigenvalue weighted by Gasteiger charge is 2.39. The summed E-state index contributed by atoms with van der Waals surface area (Å²) in [6.45, 7) is 8.39. The monoisotopic (exact) mass is 639 g/mol. The second-order valence-electron chi connectivity index (χ2n) is 11.3. The first-order valence-electron chi connectivity index (χ1n) is 15.9. The number of rotatable bonds is 12. The summed E-state index contributed by atoms with van der Waals surface area (Å²) < 4.78 is 30.1. The van der Waals surface area contributed by atoms with E-state index in [0.29, 0.717) is 90.1 Å². The van der Waals surface area contributed by atoms with Crippen molar-refractivity contribution in [2.24, 2.45) is 0 Å². The van der Waals surface area contributed by atoms with Gasteiger partial charge in [0.05, 0.1) is 48.7 Å². The van der Waals surface area contributed by atoms with Crippen molar-refractivity contribution < 1.29 is 48.0 Å². The van der Waals surface area contributed by atoms with Crippen molar-refractivity contribution in [3.05, 3.63) is 46.5 Å². The van der Waals surface area contributed by atoms with E-state index in [2.05, 4.69) is 0 Å². The highest BCUT2D eigenvalue weighted by atomic mass is 16.6. The molecule has 47 heavy (non-hydrogen) atoms. The van der Waals surface area contributed by atoms with E-state index in [1.807, 2.05) is 27.7 Å². The van der Waals surface area contributed by atoms with Crippen molar-refractivity contribution in [1.29, 1.82) is 0 Å². The predicted molar refractivity (Wildman–Crippen MR) is 174 cm³/mol. The molecule has 5 aromatic rings. The summed E-state index contributed by atoms with van der Waals surface area (Å²) in [6, 6.07) is 6.45. The minimum absolute atomic E-state index is 0.0554. The van der Waals surface area contributed by atoms with Crippen LogP contribution in [0.3, 0.4) is 0 Å². The highest BCUT2D eigenvalue weighted by Crippen LogP contribution is 2.56. The average Bonchev–Trinajstić information content (AvgIpc) is 3.05. The Morgan fingerprint density at radius 3 is 1.26 bits per heavy atom. The molecule has 0 bridgehead atoms. The number of aliphatic hydroxyl groups is 1. The van der Waals surface area contributed by atoms with Crippen LogP contribution in [0.5, 0.6) is 23.0 Å². The lowest BCUT2D eigenvalue weighted by Crippen LogP contribution is -2.41. The maximum atomic E-state index is 14.1. The third-order valence-electron chi connectivity index (χ3n) is 8.73. The Bertz CT molecular complexity index is 2030. The van der Waals surface area contributed by atoms with Crippen LogP contribution in [-0.2, 0) is 4.74 Å².